The van der Waals surface area contributed by atoms with E-state index in [1.807, 2.05) is 0 Å². The fraction of sp³-hybridized carbons (Fsp3) is 0.185. The molecule has 11 heteroatoms. The summed E-state index contributed by atoms with van der Waals surface area (Å²) in [6.07, 6.45) is -11.1. The first-order valence-electron chi connectivity index (χ1n) is 11.2. The van der Waals surface area contributed by atoms with Crippen molar-refractivity contribution in [3.63, 3.8) is 0 Å². The van der Waals surface area contributed by atoms with Crippen molar-refractivity contribution in [3.05, 3.63) is 108 Å². The number of hydrogen-bond donors (Lipinski definition) is 2. The Labute approximate surface area is 212 Å². The summed E-state index contributed by atoms with van der Waals surface area (Å²) in [5, 5.41) is 11.8. The van der Waals surface area contributed by atoms with E-state index in [1.54, 1.807) is 36.4 Å². The molecular weight excluding hydrogens is 519 g/mol. The molecule has 4 nitrogen and oxygen atoms in total. The third-order valence-electron chi connectivity index (χ3n) is 5.59. The van der Waals surface area contributed by atoms with Crippen molar-refractivity contribution in [2.24, 2.45) is 0 Å². The maximum atomic E-state index is 14.7. The molecule has 0 fully saturated rings. The zero-order chi connectivity index (χ0) is 27.5. The fourth-order valence-corrected chi connectivity index (χ4v) is 3.74. The van der Waals surface area contributed by atoms with Gasteiger partial charge in [-0.15, -0.1) is 0 Å². The van der Waals surface area contributed by atoms with E-state index in [9.17, 15) is 35.8 Å². The van der Waals surface area contributed by atoms with Gasteiger partial charge in [0, 0.05) is 17.7 Å². The first-order valence-corrected chi connectivity index (χ1v) is 11.2. The Morgan fingerprint density at radius 2 is 1.55 bits per heavy atom. The predicted molar refractivity (Wildman–Crippen MR) is 124 cm³/mol. The minimum atomic E-state index is -4.99. The molecule has 3 aromatic carbocycles. The van der Waals surface area contributed by atoms with Crippen molar-refractivity contribution in [1.82, 2.24) is 5.32 Å². The lowest BCUT2D eigenvalue weighted by Crippen LogP contribution is -2.40. The topological polar surface area (TPSA) is 54.6 Å². The number of alkyl halides is 6. The Hall–Kier alpha value is -3.83. The second-order valence-electron chi connectivity index (χ2n) is 8.31. The molecule has 0 spiro atoms. The largest absolute Gasteiger partial charge is 0.464 e. The molecule has 1 unspecified atom stereocenters. The van der Waals surface area contributed by atoms with Crippen LogP contribution in [0.2, 0.25) is 0 Å². The van der Waals surface area contributed by atoms with Crippen molar-refractivity contribution in [2.45, 2.75) is 24.5 Å². The van der Waals surface area contributed by atoms with Gasteiger partial charge in [-0.25, -0.2) is 4.39 Å². The van der Waals surface area contributed by atoms with Gasteiger partial charge in [-0.05, 0) is 60.2 Å². The average Bonchev–Trinajstić information content (AvgIpc) is 3.39. The van der Waals surface area contributed by atoms with Crippen LogP contribution in [-0.4, -0.2) is 23.9 Å². The molecule has 200 valence electrons. The molecule has 1 aromatic heterocycles. The van der Waals surface area contributed by atoms with Crippen LogP contribution in [0, 0.1) is 5.82 Å². The van der Waals surface area contributed by atoms with Crippen LogP contribution in [0.4, 0.5) is 30.7 Å². The molecule has 4 aromatic rings. The molecule has 2 atom stereocenters. The van der Waals surface area contributed by atoms with E-state index >= 15 is 0 Å². The first-order chi connectivity index (χ1) is 17.9. The van der Waals surface area contributed by atoms with Gasteiger partial charge in [0.15, 0.2) is 6.10 Å². The van der Waals surface area contributed by atoms with Gasteiger partial charge in [-0.2, -0.15) is 26.3 Å². The molecule has 0 saturated carbocycles. The summed E-state index contributed by atoms with van der Waals surface area (Å²) in [5.41, 5.74) is -0.918. The molecular formula is C27H20F7NO3. The van der Waals surface area contributed by atoms with E-state index in [0.717, 1.165) is 0 Å². The molecule has 0 aliphatic heterocycles. The number of aliphatic hydroxyl groups excluding tert-OH is 1. The highest BCUT2D eigenvalue weighted by atomic mass is 19.4. The third kappa shape index (κ3) is 6.53. The van der Waals surface area contributed by atoms with Crippen LogP contribution in [-0.2, 0) is 6.18 Å². The minimum absolute atomic E-state index is 0.109. The van der Waals surface area contributed by atoms with E-state index in [2.05, 4.69) is 5.32 Å². The molecule has 1 heterocycles. The normalized spacial score (nSPS) is 13.8. The molecule has 0 aliphatic carbocycles. The smallest absolute Gasteiger partial charge is 0.416 e. The molecule has 2 N–H and O–H groups in total. The molecule has 38 heavy (non-hydrogen) atoms. The van der Waals surface area contributed by atoms with Crippen LogP contribution in [0.1, 0.15) is 22.7 Å². The van der Waals surface area contributed by atoms with Gasteiger partial charge in [0.2, 0.25) is 0 Å². The third-order valence-corrected chi connectivity index (χ3v) is 5.59. The van der Waals surface area contributed by atoms with Gasteiger partial charge in [0.25, 0.3) is 0 Å². The zero-order valence-corrected chi connectivity index (χ0v) is 19.4. The quantitative estimate of drug-likeness (QED) is 0.228. The maximum absolute atomic E-state index is 14.7. The highest BCUT2D eigenvalue weighted by Gasteiger charge is 2.39. The van der Waals surface area contributed by atoms with Gasteiger partial charge >= 0.3 is 12.4 Å². The van der Waals surface area contributed by atoms with E-state index in [0.29, 0.717) is 35.3 Å². The second kappa shape index (κ2) is 10.9. The summed E-state index contributed by atoms with van der Waals surface area (Å²) < 4.78 is 105. The van der Waals surface area contributed by atoms with Crippen molar-refractivity contribution in [3.8, 4) is 22.8 Å². The molecule has 0 aliphatic rings. The molecule has 0 bridgehead atoms. The van der Waals surface area contributed by atoms with Crippen molar-refractivity contribution in [2.75, 3.05) is 6.54 Å². The highest BCUT2D eigenvalue weighted by molar-refractivity contribution is 5.59. The van der Waals surface area contributed by atoms with Crippen molar-refractivity contribution >= 4 is 0 Å². The maximum Gasteiger partial charge on any atom is 0.416 e. The van der Waals surface area contributed by atoms with Crippen molar-refractivity contribution in [1.29, 1.82) is 0 Å². The SMILES string of the molecule is O[C@H](CNC(c1cccc(Oc2cccc(-c3ccco3)c2)c1)c1cc(C(F)(F)F)ccc1F)C(F)(F)F. The number of nitrogens with one attached hydrogen (secondary N) is 1. The summed E-state index contributed by atoms with van der Waals surface area (Å²) in [6.45, 7) is -1.10. The van der Waals surface area contributed by atoms with Gasteiger partial charge in [0.1, 0.15) is 23.1 Å². The molecule has 0 amide bonds. The number of rotatable bonds is 8. The van der Waals surface area contributed by atoms with Crippen LogP contribution < -0.4 is 10.1 Å². The summed E-state index contributed by atoms with van der Waals surface area (Å²) >= 11 is 0. The Morgan fingerprint density at radius 3 is 2.21 bits per heavy atom. The second-order valence-corrected chi connectivity index (χ2v) is 8.31. The standard InChI is InChI=1S/C27H20F7NO3/c28-22-10-9-18(26(29,30)31)14-21(22)25(35-15-24(36)27(32,33)34)17-5-2-7-20(13-17)38-19-6-1-4-16(12-19)23-8-3-11-37-23/h1-14,24-25,35-36H,15H2/t24-,25?/m1/s1. The van der Waals surface area contributed by atoms with E-state index < -0.39 is 48.0 Å². The predicted octanol–water partition coefficient (Wildman–Crippen LogP) is 7.50. The van der Waals surface area contributed by atoms with E-state index in [4.69, 9.17) is 9.15 Å². The lowest BCUT2D eigenvalue weighted by Gasteiger charge is -2.24. The lowest BCUT2D eigenvalue weighted by molar-refractivity contribution is -0.202. The fourth-order valence-electron chi connectivity index (χ4n) is 3.74. The molecule has 0 radical (unpaired) electrons. The molecule has 4 rings (SSSR count). The summed E-state index contributed by atoms with van der Waals surface area (Å²) in [6, 6.07) is 16.2. The lowest BCUT2D eigenvalue weighted by atomic mass is 9.95. The minimum Gasteiger partial charge on any atom is -0.464 e. The summed E-state index contributed by atoms with van der Waals surface area (Å²) in [4.78, 5) is 0. The zero-order valence-electron chi connectivity index (χ0n) is 19.4. The Bertz CT molecular complexity index is 1370. The molecule has 0 saturated heterocycles. The van der Waals surface area contributed by atoms with Gasteiger partial charge < -0.3 is 19.6 Å². The average molecular weight is 539 g/mol. The number of ether oxygens (including phenoxy) is 1. The Kier molecular flexibility index (Phi) is 7.79. The number of furan rings is 1. The Morgan fingerprint density at radius 1 is 0.842 bits per heavy atom. The number of halogens is 7. The number of hydrogen-bond acceptors (Lipinski definition) is 4. The number of benzene rings is 3. The summed E-state index contributed by atoms with van der Waals surface area (Å²) in [7, 11) is 0. The van der Waals surface area contributed by atoms with Gasteiger partial charge in [-0.3, -0.25) is 0 Å². The van der Waals surface area contributed by atoms with Gasteiger partial charge in [0.05, 0.1) is 17.9 Å². The van der Waals surface area contributed by atoms with Crippen LogP contribution in [0.15, 0.2) is 89.5 Å². The van der Waals surface area contributed by atoms with Gasteiger partial charge in [-0.1, -0.05) is 24.3 Å². The van der Waals surface area contributed by atoms with Crippen LogP contribution in [0.25, 0.3) is 11.3 Å². The van der Waals surface area contributed by atoms with E-state index in [-0.39, 0.29) is 11.3 Å². The van der Waals surface area contributed by atoms with Crippen LogP contribution >= 0.6 is 0 Å². The van der Waals surface area contributed by atoms with Crippen LogP contribution in [0.5, 0.6) is 11.5 Å². The number of aliphatic hydroxyl groups is 1. The van der Waals surface area contributed by atoms with Crippen LogP contribution in [0.3, 0.4) is 0 Å². The van der Waals surface area contributed by atoms with Crippen molar-refractivity contribution < 1.29 is 45.0 Å². The highest BCUT2D eigenvalue weighted by Crippen LogP contribution is 2.35. The monoisotopic (exact) mass is 539 g/mol. The summed E-state index contributed by atoms with van der Waals surface area (Å²) in [5.74, 6) is 0.0686. The Balaban J connectivity index is 1.68. The van der Waals surface area contributed by atoms with E-state index in [1.165, 1.54) is 30.5 Å². The first kappa shape index (κ1) is 27.2.